The van der Waals surface area contributed by atoms with Crippen LogP contribution in [0.25, 0.3) is 0 Å². The van der Waals surface area contributed by atoms with Crippen molar-refractivity contribution in [2.45, 2.75) is 56.7 Å². The molecule has 2 aromatic carbocycles. The van der Waals surface area contributed by atoms with Crippen LogP contribution in [0.3, 0.4) is 0 Å². The monoisotopic (exact) mass is 408 g/mol. The van der Waals surface area contributed by atoms with Gasteiger partial charge in [-0.1, -0.05) is 30.3 Å². The van der Waals surface area contributed by atoms with Gasteiger partial charge in [-0.05, 0) is 74.8 Å². The van der Waals surface area contributed by atoms with Gasteiger partial charge >= 0.3 is 0 Å². The van der Waals surface area contributed by atoms with Gasteiger partial charge in [-0.25, -0.2) is 0 Å². The normalized spacial score (nSPS) is 19.3. The Labute approximate surface area is 181 Å². The van der Waals surface area contributed by atoms with Gasteiger partial charge in [0.1, 0.15) is 5.75 Å². The third kappa shape index (κ3) is 5.77. The molecule has 2 aliphatic rings. The number of hydrogen-bond donors (Lipinski definition) is 1. The highest BCUT2D eigenvalue weighted by molar-refractivity contribution is 5.48. The molecule has 4 nitrogen and oxygen atoms in total. The average Bonchev–Trinajstić information content (AvgIpc) is 2.75. The van der Waals surface area contributed by atoms with Crippen molar-refractivity contribution in [3.05, 3.63) is 60.2 Å². The molecule has 0 aromatic heterocycles. The van der Waals surface area contributed by atoms with Crippen molar-refractivity contribution < 1.29 is 9.84 Å². The number of benzene rings is 2. The second kappa shape index (κ2) is 9.84. The number of hydrogen-bond acceptors (Lipinski definition) is 4. The molecule has 2 fully saturated rings. The summed E-state index contributed by atoms with van der Waals surface area (Å²) >= 11 is 0. The summed E-state index contributed by atoms with van der Waals surface area (Å²) < 4.78 is 5.95. The summed E-state index contributed by atoms with van der Waals surface area (Å²) in [5, 5.41) is 11.1. The predicted molar refractivity (Wildman–Crippen MR) is 123 cm³/mol. The van der Waals surface area contributed by atoms with Gasteiger partial charge in [-0.3, -0.25) is 0 Å². The smallest absolute Gasteiger partial charge is 0.119 e. The van der Waals surface area contributed by atoms with E-state index in [0.29, 0.717) is 6.10 Å². The number of aliphatic hydroxyl groups is 1. The molecule has 0 unspecified atom stereocenters. The van der Waals surface area contributed by atoms with Crippen molar-refractivity contribution >= 4 is 5.69 Å². The van der Waals surface area contributed by atoms with Gasteiger partial charge in [-0.15, -0.1) is 0 Å². The minimum atomic E-state index is -0.537. The molecule has 0 bridgehead atoms. The van der Waals surface area contributed by atoms with E-state index in [1.54, 1.807) is 0 Å². The molecule has 0 amide bonds. The van der Waals surface area contributed by atoms with E-state index in [-0.39, 0.29) is 0 Å². The van der Waals surface area contributed by atoms with Crippen LogP contribution in [0.4, 0.5) is 5.69 Å². The number of anilines is 1. The zero-order chi connectivity index (χ0) is 20.8. The molecule has 2 aromatic rings. The first kappa shape index (κ1) is 21.2. The van der Waals surface area contributed by atoms with Crippen LogP contribution in [0, 0.1) is 0 Å². The standard InChI is InChI=1S/C26H36N2O2/c1-27(23-10-12-25(13-11-23)30-24-8-5-9-24)19-15-26(29)16-20-28(21-17-26)18-14-22-6-3-2-4-7-22/h2-4,6-7,10-13,24,29H,5,8-9,14-21H2,1H3. The Bertz CT molecular complexity index is 765. The predicted octanol–water partition coefficient (Wildman–Crippen LogP) is 4.51. The number of ether oxygens (including phenoxy) is 1. The van der Waals surface area contributed by atoms with E-state index in [1.165, 1.54) is 30.5 Å². The fraction of sp³-hybridized carbons (Fsp3) is 0.538. The largest absolute Gasteiger partial charge is 0.490 e. The van der Waals surface area contributed by atoms with E-state index in [4.69, 9.17) is 4.74 Å². The molecule has 1 aliphatic heterocycles. The van der Waals surface area contributed by atoms with Crippen molar-refractivity contribution in [1.82, 2.24) is 4.90 Å². The van der Waals surface area contributed by atoms with Crippen LogP contribution in [0.15, 0.2) is 54.6 Å². The van der Waals surface area contributed by atoms with E-state index in [2.05, 4.69) is 71.4 Å². The van der Waals surface area contributed by atoms with Crippen molar-refractivity contribution in [3.63, 3.8) is 0 Å². The lowest BCUT2D eigenvalue weighted by Gasteiger charge is -2.39. The number of likely N-dealkylation sites (tertiary alicyclic amines) is 1. The fourth-order valence-electron chi connectivity index (χ4n) is 4.34. The molecule has 1 saturated heterocycles. The van der Waals surface area contributed by atoms with Gasteiger partial charge in [0, 0.05) is 38.9 Å². The molecule has 0 radical (unpaired) electrons. The Morgan fingerprint density at radius 3 is 2.37 bits per heavy atom. The summed E-state index contributed by atoms with van der Waals surface area (Å²) in [5.74, 6) is 0.971. The van der Waals surface area contributed by atoms with Gasteiger partial charge < -0.3 is 19.6 Å². The topological polar surface area (TPSA) is 35.9 Å². The molecule has 162 valence electrons. The maximum Gasteiger partial charge on any atom is 0.119 e. The second-order valence-corrected chi connectivity index (χ2v) is 9.14. The van der Waals surface area contributed by atoms with Gasteiger partial charge in [-0.2, -0.15) is 0 Å². The Kier molecular flexibility index (Phi) is 6.96. The summed E-state index contributed by atoms with van der Waals surface area (Å²) in [7, 11) is 2.11. The van der Waals surface area contributed by atoms with Crippen molar-refractivity contribution in [2.75, 3.05) is 38.1 Å². The van der Waals surface area contributed by atoms with E-state index < -0.39 is 5.60 Å². The van der Waals surface area contributed by atoms with Crippen LogP contribution >= 0.6 is 0 Å². The van der Waals surface area contributed by atoms with E-state index in [9.17, 15) is 5.11 Å². The summed E-state index contributed by atoms with van der Waals surface area (Å²) in [6, 6.07) is 19.1. The van der Waals surface area contributed by atoms with Gasteiger partial charge in [0.15, 0.2) is 0 Å². The average molecular weight is 409 g/mol. The van der Waals surface area contributed by atoms with Crippen LogP contribution in [0.5, 0.6) is 5.75 Å². The fourth-order valence-corrected chi connectivity index (χ4v) is 4.34. The third-order valence-electron chi connectivity index (χ3n) is 6.89. The van der Waals surface area contributed by atoms with Crippen LogP contribution in [0.2, 0.25) is 0 Å². The molecular weight excluding hydrogens is 372 g/mol. The van der Waals surface area contributed by atoms with Crippen molar-refractivity contribution in [3.8, 4) is 5.75 Å². The molecular formula is C26H36N2O2. The summed E-state index contributed by atoms with van der Waals surface area (Å²) in [6.07, 6.45) is 7.71. The maximum absolute atomic E-state index is 11.1. The highest BCUT2D eigenvalue weighted by Gasteiger charge is 2.32. The Hall–Kier alpha value is -2.04. The van der Waals surface area contributed by atoms with E-state index in [1.807, 2.05) is 0 Å². The minimum Gasteiger partial charge on any atom is -0.490 e. The molecule has 4 heteroatoms. The van der Waals surface area contributed by atoms with Crippen LogP contribution in [0.1, 0.15) is 44.1 Å². The van der Waals surface area contributed by atoms with Gasteiger partial charge in [0.2, 0.25) is 0 Å². The van der Waals surface area contributed by atoms with Crippen molar-refractivity contribution in [1.29, 1.82) is 0 Å². The first-order chi connectivity index (χ1) is 14.6. The molecule has 4 rings (SSSR count). The molecule has 0 atom stereocenters. The summed E-state index contributed by atoms with van der Waals surface area (Å²) in [5.41, 5.74) is 2.04. The highest BCUT2D eigenvalue weighted by atomic mass is 16.5. The maximum atomic E-state index is 11.1. The zero-order valence-corrected chi connectivity index (χ0v) is 18.3. The lowest BCUT2D eigenvalue weighted by Crippen LogP contribution is -2.46. The number of rotatable bonds is 9. The number of piperidine rings is 1. The van der Waals surface area contributed by atoms with E-state index >= 15 is 0 Å². The quantitative estimate of drug-likeness (QED) is 0.662. The van der Waals surface area contributed by atoms with Gasteiger partial charge in [0.25, 0.3) is 0 Å². The first-order valence-corrected chi connectivity index (χ1v) is 11.6. The molecule has 1 heterocycles. The third-order valence-corrected chi connectivity index (χ3v) is 6.89. The highest BCUT2D eigenvalue weighted by Crippen LogP contribution is 2.29. The minimum absolute atomic E-state index is 0.418. The zero-order valence-electron chi connectivity index (χ0n) is 18.3. The summed E-state index contributed by atoms with van der Waals surface area (Å²) in [4.78, 5) is 4.74. The van der Waals surface area contributed by atoms with Crippen molar-refractivity contribution in [2.24, 2.45) is 0 Å². The Balaban J connectivity index is 1.18. The summed E-state index contributed by atoms with van der Waals surface area (Å²) in [6.45, 7) is 3.92. The van der Waals surface area contributed by atoms with Crippen LogP contribution in [-0.4, -0.2) is 54.9 Å². The lowest BCUT2D eigenvalue weighted by molar-refractivity contribution is -0.0254. The van der Waals surface area contributed by atoms with Crippen LogP contribution < -0.4 is 9.64 Å². The SMILES string of the molecule is CN(CCC1(O)CCN(CCc2ccccc2)CC1)c1ccc(OC2CCC2)cc1. The molecule has 1 N–H and O–H groups in total. The molecule has 1 saturated carbocycles. The van der Waals surface area contributed by atoms with Gasteiger partial charge in [0.05, 0.1) is 11.7 Å². The molecule has 0 spiro atoms. The Morgan fingerprint density at radius 2 is 1.73 bits per heavy atom. The van der Waals surface area contributed by atoms with Crippen LogP contribution in [-0.2, 0) is 6.42 Å². The molecule has 1 aliphatic carbocycles. The number of nitrogens with zero attached hydrogens (tertiary/aromatic N) is 2. The lowest BCUT2D eigenvalue weighted by atomic mass is 9.88. The second-order valence-electron chi connectivity index (χ2n) is 9.14. The Morgan fingerprint density at radius 1 is 1.03 bits per heavy atom. The van der Waals surface area contributed by atoms with E-state index in [0.717, 1.165) is 57.6 Å². The first-order valence-electron chi connectivity index (χ1n) is 11.6. The molecule has 30 heavy (non-hydrogen) atoms.